The average Bonchev–Trinajstić information content (AvgIpc) is 2.78. The van der Waals surface area contributed by atoms with Gasteiger partial charge in [-0.25, -0.2) is 8.78 Å². The number of carbonyl (C=O) groups excluding carboxylic acids is 1. The maximum atomic E-state index is 13.2. The van der Waals surface area contributed by atoms with E-state index in [-0.39, 0.29) is 18.3 Å². The molecule has 0 aromatic heterocycles. The van der Waals surface area contributed by atoms with Crippen molar-refractivity contribution in [2.75, 3.05) is 13.1 Å². The van der Waals surface area contributed by atoms with Gasteiger partial charge in [-0.15, -0.1) is 12.4 Å². The van der Waals surface area contributed by atoms with E-state index in [4.69, 9.17) is 0 Å². The van der Waals surface area contributed by atoms with Gasteiger partial charge < -0.3 is 4.90 Å². The largest absolute Gasteiger partial charge is 0.337 e. The van der Waals surface area contributed by atoms with Crippen LogP contribution in [0.5, 0.6) is 0 Å². The fraction of sp³-hybridized carbons (Fsp3) is 0.500. The molecule has 1 unspecified atom stereocenters. The minimum absolute atomic E-state index is 0. The molecular formula is C14H16BrClF2N2O. The molecule has 1 fully saturated rings. The number of nitrogens with zero attached hydrogens (tertiary/aromatic N) is 1. The molecule has 1 aromatic rings. The zero-order valence-corrected chi connectivity index (χ0v) is 13.6. The van der Waals surface area contributed by atoms with Crippen molar-refractivity contribution in [3.05, 3.63) is 33.8 Å². The zero-order valence-electron chi connectivity index (χ0n) is 11.2. The number of rotatable bonds is 1. The number of fused-ring (bicyclic) bond motifs is 1. The molecular weight excluding hydrogens is 366 g/mol. The third-order valence-electron chi connectivity index (χ3n) is 3.94. The van der Waals surface area contributed by atoms with Gasteiger partial charge in [0.2, 0.25) is 5.91 Å². The van der Waals surface area contributed by atoms with Crippen LogP contribution in [0.2, 0.25) is 0 Å². The molecule has 21 heavy (non-hydrogen) atoms. The minimum atomic E-state index is -2.77. The van der Waals surface area contributed by atoms with Crippen molar-refractivity contribution in [3.63, 3.8) is 0 Å². The van der Waals surface area contributed by atoms with Crippen LogP contribution in [0.15, 0.2) is 22.7 Å². The second-order valence-corrected chi connectivity index (χ2v) is 6.24. The Balaban J connectivity index is 0.00000161. The molecule has 3 nitrogen and oxygen atoms in total. The van der Waals surface area contributed by atoms with Gasteiger partial charge in [0.25, 0.3) is 5.92 Å². The van der Waals surface area contributed by atoms with E-state index in [0.29, 0.717) is 13.1 Å². The summed E-state index contributed by atoms with van der Waals surface area (Å²) in [6.07, 6.45) is 0.370. The molecule has 2 aliphatic rings. The van der Waals surface area contributed by atoms with Gasteiger partial charge in [-0.2, -0.15) is 0 Å². The van der Waals surface area contributed by atoms with Crippen LogP contribution in [0, 0.1) is 0 Å². The van der Waals surface area contributed by atoms with E-state index in [1.807, 2.05) is 18.2 Å². The molecule has 2 heterocycles. The molecule has 0 radical (unpaired) electrons. The number of carbonyl (C=O) groups is 1. The highest BCUT2D eigenvalue weighted by molar-refractivity contribution is 9.10. The summed E-state index contributed by atoms with van der Waals surface area (Å²) in [5.41, 5.74) is 2.30. The number of amides is 1. The quantitative estimate of drug-likeness (QED) is 0.811. The van der Waals surface area contributed by atoms with Crippen molar-refractivity contribution in [1.82, 2.24) is 10.2 Å². The summed E-state index contributed by atoms with van der Waals surface area (Å²) in [6.45, 7) is 0.670. The predicted octanol–water partition coefficient (Wildman–Crippen LogP) is 2.75. The normalized spacial score (nSPS) is 23.4. The van der Waals surface area contributed by atoms with E-state index >= 15 is 0 Å². The molecule has 0 bridgehead atoms. The summed E-state index contributed by atoms with van der Waals surface area (Å²) in [5.74, 6) is -2.99. The first-order chi connectivity index (χ1) is 9.46. The molecule has 116 valence electrons. The number of hydrogen-bond acceptors (Lipinski definition) is 2. The van der Waals surface area contributed by atoms with Gasteiger partial charge in [0, 0.05) is 24.0 Å². The Hall–Kier alpha value is -0.720. The molecule has 1 N–H and O–H groups in total. The van der Waals surface area contributed by atoms with Gasteiger partial charge in [-0.1, -0.05) is 28.1 Å². The lowest BCUT2D eigenvalue weighted by Crippen LogP contribution is -2.45. The van der Waals surface area contributed by atoms with Crippen LogP contribution in [0.4, 0.5) is 8.78 Å². The second-order valence-electron chi connectivity index (χ2n) is 5.38. The zero-order chi connectivity index (χ0) is 14.3. The maximum Gasteiger partial charge on any atom is 0.262 e. The molecule has 1 atom stereocenters. The molecule has 1 amide bonds. The first kappa shape index (κ1) is 16.6. The van der Waals surface area contributed by atoms with Gasteiger partial charge in [0.15, 0.2) is 0 Å². The van der Waals surface area contributed by atoms with Crippen molar-refractivity contribution >= 4 is 34.2 Å². The van der Waals surface area contributed by atoms with Crippen molar-refractivity contribution in [1.29, 1.82) is 0 Å². The highest BCUT2D eigenvalue weighted by Gasteiger charge is 2.43. The van der Waals surface area contributed by atoms with Gasteiger partial charge in [0.1, 0.15) is 0 Å². The fourth-order valence-electron chi connectivity index (χ4n) is 2.84. The van der Waals surface area contributed by atoms with Crippen LogP contribution in [-0.4, -0.2) is 35.9 Å². The van der Waals surface area contributed by atoms with E-state index in [1.165, 1.54) is 5.56 Å². The SMILES string of the molecule is Cl.O=C(C1CC(F)(F)CN1)N1CCc2cccc(Br)c2C1. The van der Waals surface area contributed by atoms with Crippen LogP contribution in [0.25, 0.3) is 0 Å². The molecule has 0 aliphatic carbocycles. The van der Waals surface area contributed by atoms with E-state index in [9.17, 15) is 13.6 Å². The van der Waals surface area contributed by atoms with Gasteiger partial charge in [-0.05, 0) is 23.6 Å². The minimum Gasteiger partial charge on any atom is -0.337 e. The molecule has 0 spiro atoms. The summed E-state index contributed by atoms with van der Waals surface area (Å²) in [5, 5.41) is 2.63. The lowest BCUT2D eigenvalue weighted by atomic mass is 9.99. The number of alkyl halides is 2. The standard InChI is InChI=1S/C14H15BrF2N2O.ClH/c15-11-3-1-2-9-4-5-19(7-10(9)11)13(20)12-6-14(16,17)8-18-12;/h1-3,12,18H,4-8H2;1H. The fourth-order valence-corrected chi connectivity index (χ4v) is 3.37. The Labute approximate surface area is 136 Å². The summed E-state index contributed by atoms with van der Waals surface area (Å²) in [6, 6.07) is 5.20. The topological polar surface area (TPSA) is 32.3 Å². The first-order valence-corrected chi connectivity index (χ1v) is 7.42. The van der Waals surface area contributed by atoms with Crippen LogP contribution >= 0.6 is 28.3 Å². The summed E-state index contributed by atoms with van der Waals surface area (Å²) in [7, 11) is 0. The van der Waals surface area contributed by atoms with Gasteiger partial charge in [0.05, 0.1) is 12.6 Å². The van der Waals surface area contributed by atoms with Crippen LogP contribution < -0.4 is 5.32 Å². The number of hydrogen-bond donors (Lipinski definition) is 1. The average molecular weight is 382 g/mol. The third kappa shape index (κ3) is 3.38. The van der Waals surface area contributed by atoms with E-state index in [1.54, 1.807) is 4.90 Å². The van der Waals surface area contributed by atoms with Crippen LogP contribution in [0.1, 0.15) is 17.5 Å². The molecule has 7 heteroatoms. The van der Waals surface area contributed by atoms with Crippen molar-refractivity contribution in [2.45, 2.75) is 31.4 Å². The Morgan fingerprint density at radius 1 is 1.43 bits per heavy atom. The van der Waals surface area contributed by atoms with Gasteiger partial charge >= 0.3 is 0 Å². The summed E-state index contributed by atoms with van der Waals surface area (Å²) < 4.78 is 27.3. The maximum absolute atomic E-state index is 13.2. The van der Waals surface area contributed by atoms with E-state index in [2.05, 4.69) is 21.2 Å². The number of halogens is 4. The smallest absolute Gasteiger partial charge is 0.262 e. The molecule has 1 aromatic carbocycles. The second kappa shape index (κ2) is 6.18. The van der Waals surface area contributed by atoms with E-state index < -0.39 is 24.9 Å². The first-order valence-electron chi connectivity index (χ1n) is 6.62. The number of benzene rings is 1. The highest BCUT2D eigenvalue weighted by atomic mass is 79.9. The lowest BCUT2D eigenvalue weighted by molar-refractivity contribution is -0.134. The molecule has 1 saturated heterocycles. The molecule has 0 saturated carbocycles. The van der Waals surface area contributed by atoms with Crippen molar-refractivity contribution in [2.24, 2.45) is 0 Å². The summed E-state index contributed by atoms with van der Waals surface area (Å²) in [4.78, 5) is 14.0. The van der Waals surface area contributed by atoms with Crippen molar-refractivity contribution in [3.8, 4) is 0 Å². The van der Waals surface area contributed by atoms with E-state index in [0.717, 1.165) is 16.5 Å². The third-order valence-corrected chi connectivity index (χ3v) is 4.68. The van der Waals surface area contributed by atoms with Crippen molar-refractivity contribution < 1.29 is 13.6 Å². The summed E-state index contributed by atoms with van der Waals surface area (Å²) >= 11 is 3.49. The predicted molar refractivity (Wildman–Crippen MR) is 81.9 cm³/mol. The number of nitrogens with one attached hydrogen (secondary N) is 1. The Kier molecular flexibility index (Phi) is 4.90. The highest BCUT2D eigenvalue weighted by Crippen LogP contribution is 2.29. The molecule has 2 aliphatic heterocycles. The lowest BCUT2D eigenvalue weighted by Gasteiger charge is -2.31. The Bertz CT molecular complexity index is 556. The van der Waals surface area contributed by atoms with Crippen LogP contribution in [-0.2, 0) is 17.8 Å². The monoisotopic (exact) mass is 380 g/mol. The Morgan fingerprint density at radius 2 is 2.19 bits per heavy atom. The Morgan fingerprint density at radius 3 is 2.86 bits per heavy atom. The van der Waals surface area contributed by atoms with Gasteiger partial charge in [-0.3, -0.25) is 10.1 Å². The molecule has 3 rings (SSSR count). The van der Waals surface area contributed by atoms with Crippen LogP contribution in [0.3, 0.4) is 0 Å².